The van der Waals surface area contributed by atoms with E-state index in [4.69, 9.17) is 10.5 Å². The van der Waals surface area contributed by atoms with Gasteiger partial charge >= 0.3 is 0 Å². The molecule has 88 valence electrons. The lowest BCUT2D eigenvalue weighted by Gasteiger charge is -2.19. The van der Waals surface area contributed by atoms with Gasteiger partial charge in [-0.05, 0) is 12.5 Å². The molecule has 0 aromatic heterocycles. The first-order valence-corrected chi connectivity index (χ1v) is 9.23. The first-order chi connectivity index (χ1) is 6.90. The zero-order valence-electron chi connectivity index (χ0n) is 9.95. The average molecular weight is 230 g/mol. The highest BCUT2D eigenvalue weighted by atomic mass is 28.3. The quantitative estimate of drug-likeness (QED) is 0.563. The summed E-state index contributed by atoms with van der Waals surface area (Å²) < 4.78 is 5.50. The Labute approximate surface area is 92.8 Å². The van der Waals surface area contributed by atoms with Crippen LogP contribution in [0.25, 0.3) is 0 Å². The van der Waals surface area contributed by atoms with Gasteiger partial charge in [0, 0.05) is 21.2 Å². The summed E-state index contributed by atoms with van der Waals surface area (Å²) in [5.41, 5.74) is 5.60. The van der Waals surface area contributed by atoms with Crippen molar-refractivity contribution in [1.82, 2.24) is 4.90 Å². The number of rotatable bonds is 5. The maximum atomic E-state index is 11.4. The zero-order valence-corrected chi connectivity index (χ0v) is 11.0. The molecule has 1 unspecified atom stereocenters. The fourth-order valence-corrected chi connectivity index (χ4v) is 2.20. The Bertz CT molecular complexity index is 228. The van der Waals surface area contributed by atoms with Crippen LogP contribution in [0, 0.1) is 0 Å². The minimum absolute atomic E-state index is 0.0306. The first-order valence-electron chi connectivity index (χ1n) is 5.52. The van der Waals surface area contributed by atoms with Crippen molar-refractivity contribution in [2.45, 2.75) is 38.1 Å². The van der Waals surface area contributed by atoms with E-state index >= 15 is 0 Å². The zero-order chi connectivity index (χ0) is 11.5. The number of nitrogens with zero attached hydrogens (tertiary/aromatic N) is 1. The second kappa shape index (κ2) is 5.09. The predicted octanol–water partition coefficient (Wildman–Crippen LogP) is 0.858. The highest BCUT2D eigenvalue weighted by molar-refractivity contribution is 6.76. The predicted molar refractivity (Wildman–Crippen MR) is 63.3 cm³/mol. The molecule has 1 fully saturated rings. The van der Waals surface area contributed by atoms with Crippen LogP contribution in [0.5, 0.6) is 0 Å². The third kappa shape index (κ3) is 4.32. The number of hydrogen-bond acceptors (Lipinski definition) is 3. The fourth-order valence-electron chi connectivity index (χ4n) is 1.44. The summed E-state index contributed by atoms with van der Waals surface area (Å²) in [7, 11) is -1.02. The SMILES string of the molecule is C[Si](C)(C)CCOCN1CCC(N)C1=O. The molecule has 0 aromatic carbocycles. The number of amides is 1. The molecule has 4 nitrogen and oxygen atoms in total. The van der Waals surface area contributed by atoms with Crippen LogP contribution in [0.2, 0.25) is 25.7 Å². The molecule has 0 aliphatic carbocycles. The van der Waals surface area contributed by atoms with Crippen LogP contribution in [0.4, 0.5) is 0 Å². The minimum Gasteiger partial charge on any atom is -0.361 e. The molecule has 1 atom stereocenters. The summed E-state index contributed by atoms with van der Waals surface area (Å²) in [6, 6.07) is 0.840. The Morgan fingerprint density at radius 1 is 1.53 bits per heavy atom. The van der Waals surface area contributed by atoms with Crippen molar-refractivity contribution >= 4 is 14.0 Å². The Hall–Kier alpha value is -0.393. The van der Waals surface area contributed by atoms with E-state index < -0.39 is 8.07 Å². The van der Waals surface area contributed by atoms with E-state index in [1.807, 2.05) is 0 Å². The van der Waals surface area contributed by atoms with Gasteiger partial charge in [0.1, 0.15) is 6.73 Å². The van der Waals surface area contributed by atoms with Crippen LogP contribution >= 0.6 is 0 Å². The summed E-state index contributed by atoms with van der Waals surface area (Å²) in [4.78, 5) is 13.1. The number of hydrogen-bond donors (Lipinski definition) is 1. The van der Waals surface area contributed by atoms with Crippen LogP contribution in [0.15, 0.2) is 0 Å². The third-order valence-electron chi connectivity index (χ3n) is 2.58. The molecule has 1 aliphatic heterocycles. The molecule has 0 spiro atoms. The molecule has 1 saturated heterocycles. The Balaban J connectivity index is 2.14. The van der Waals surface area contributed by atoms with Crippen LogP contribution < -0.4 is 5.73 Å². The lowest BCUT2D eigenvalue weighted by molar-refractivity contribution is -0.133. The average Bonchev–Trinajstić information content (AvgIpc) is 2.42. The molecule has 1 amide bonds. The van der Waals surface area contributed by atoms with E-state index in [1.165, 1.54) is 0 Å². The first kappa shape index (κ1) is 12.7. The van der Waals surface area contributed by atoms with Gasteiger partial charge in [0.15, 0.2) is 0 Å². The number of carbonyl (C=O) groups is 1. The summed E-state index contributed by atoms with van der Waals surface area (Å²) in [5.74, 6) is 0.0306. The van der Waals surface area contributed by atoms with E-state index in [1.54, 1.807) is 4.90 Å². The highest BCUT2D eigenvalue weighted by Gasteiger charge is 2.28. The Kier molecular flexibility index (Phi) is 4.30. The van der Waals surface area contributed by atoms with E-state index in [2.05, 4.69) is 19.6 Å². The van der Waals surface area contributed by atoms with Crippen molar-refractivity contribution in [2.24, 2.45) is 5.73 Å². The second-order valence-electron chi connectivity index (χ2n) is 5.34. The number of ether oxygens (including phenoxy) is 1. The largest absolute Gasteiger partial charge is 0.361 e. The van der Waals surface area contributed by atoms with Gasteiger partial charge in [-0.15, -0.1) is 0 Å². The van der Waals surface area contributed by atoms with Gasteiger partial charge in [0.2, 0.25) is 5.91 Å². The molecular formula is C10H22N2O2Si. The second-order valence-corrected chi connectivity index (χ2v) is 11.0. The molecule has 1 rings (SSSR count). The van der Waals surface area contributed by atoms with Crippen molar-refractivity contribution in [3.05, 3.63) is 0 Å². The molecule has 0 saturated carbocycles. The molecule has 1 heterocycles. The van der Waals surface area contributed by atoms with E-state index in [0.717, 1.165) is 25.6 Å². The Morgan fingerprint density at radius 2 is 2.20 bits per heavy atom. The number of carbonyl (C=O) groups excluding carboxylic acids is 1. The Morgan fingerprint density at radius 3 is 2.67 bits per heavy atom. The number of nitrogens with two attached hydrogens (primary N) is 1. The summed E-state index contributed by atoms with van der Waals surface area (Å²) in [5, 5.41) is 0. The van der Waals surface area contributed by atoms with Crippen LogP contribution in [0.3, 0.4) is 0 Å². The normalized spacial score (nSPS) is 22.5. The summed E-state index contributed by atoms with van der Waals surface area (Å²) in [6.45, 7) is 8.85. The lowest BCUT2D eigenvalue weighted by Crippen LogP contribution is -2.35. The minimum atomic E-state index is -1.02. The fraction of sp³-hybridized carbons (Fsp3) is 0.900. The van der Waals surface area contributed by atoms with Gasteiger partial charge in [0.25, 0.3) is 0 Å². The molecule has 0 radical (unpaired) electrons. The molecule has 1 aliphatic rings. The smallest absolute Gasteiger partial charge is 0.241 e. The van der Waals surface area contributed by atoms with E-state index in [-0.39, 0.29) is 11.9 Å². The van der Waals surface area contributed by atoms with Gasteiger partial charge in [-0.25, -0.2) is 0 Å². The van der Waals surface area contributed by atoms with E-state index in [9.17, 15) is 4.79 Å². The van der Waals surface area contributed by atoms with Crippen LogP contribution in [-0.2, 0) is 9.53 Å². The molecule has 15 heavy (non-hydrogen) atoms. The maximum absolute atomic E-state index is 11.4. The summed E-state index contributed by atoms with van der Waals surface area (Å²) >= 11 is 0. The van der Waals surface area contributed by atoms with Crippen molar-refractivity contribution in [3.63, 3.8) is 0 Å². The molecule has 5 heteroatoms. The van der Waals surface area contributed by atoms with Crippen molar-refractivity contribution in [3.8, 4) is 0 Å². The lowest BCUT2D eigenvalue weighted by atomic mass is 10.3. The number of likely N-dealkylation sites (tertiary alicyclic amines) is 1. The molecule has 0 bridgehead atoms. The summed E-state index contributed by atoms with van der Waals surface area (Å²) in [6.07, 6.45) is 0.760. The van der Waals surface area contributed by atoms with E-state index in [0.29, 0.717) is 6.73 Å². The maximum Gasteiger partial charge on any atom is 0.241 e. The van der Waals surface area contributed by atoms with Crippen LogP contribution in [-0.4, -0.2) is 44.8 Å². The van der Waals surface area contributed by atoms with Gasteiger partial charge in [0.05, 0.1) is 6.04 Å². The molecule has 2 N–H and O–H groups in total. The highest BCUT2D eigenvalue weighted by Crippen LogP contribution is 2.10. The van der Waals surface area contributed by atoms with Gasteiger partial charge < -0.3 is 15.4 Å². The third-order valence-corrected chi connectivity index (χ3v) is 4.29. The van der Waals surface area contributed by atoms with Gasteiger partial charge in [-0.3, -0.25) is 4.79 Å². The van der Waals surface area contributed by atoms with Crippen molar-refractivity contribution < 1.29 is 9.53 Å². The van der Waals surface area contributed by atoms with Gasteiger partial charge in [-0.1, -0.05) is 19.6 Å². The van der Waals surface area contributed by atoms with Crippen molar-refractivity contribution in [1.29, 1.82) is 0 Å². The topological polar surface area (TPSA) is 55.6 Å². The monoisotopic (exact) mass is 230 g/mol. The van der Waals surface area contributed by atoms with Crippen molar-refractivity contribution in [2.75, 3.05) is 19.9 Å². The molecule has 0 aromatic rings. The van der Waals surface area contributed by atoms with Gasteiger partial charge in [-0.2, -0.15) is 0 Å². The van der Waals surface area contributed by atoms with Crippen LogP contribution in [0.1, 0.15) is 6.42 Å². The standard InChI is InChI=1S/C10H22N2O2Si/c1-15(2,3)7-6-14-8-12-5-4-9(11)10(12)13/h9H,4-8,11H2,1-3H3. The molecular weight excluding hydrogens is 208 g/mol.